The number of hydrogen-bond acceptors (Lipinski definition) is 5. The van der Waals surface area contributed by atoms with Crippen molar-refractivity contribution in [3.63, 3.8) is 0 Å². The van der Waals surface area contributed by atoms with Crippen molar-refractivity contribution in [2.24, 2.45) is 0 Å². The molecule has 2 aromatic heterocycles. The topological polar surface area (TPSA) is 73.1 Å². The van der Waals surface area contributed by atoms with Crippen molar-refractivity contribution in [3.05, 3.63) is 42.2 Å². The molecule has 0 bridgehead atoms. The third kappa shape index (κ3) is 3.36. The lowest BCUT2D eigenvalue weighted by atomic mass is 10.1. The van der Waals surface area contributed by atoms with Crippen LogP contribution >= 0.6 is 0 Å². The number of fused-ring (bicyclic) bond motifs is 2. The van der Waals surface area contributed by atoms with Crippen LogP contribution in [0.4, 0.5) is 10.1 Å². The molecule has 7 nitrogen and oxygen atoms in total. The zero-order valence-corrected chi connectivity index (χ0v) is 17.4. The van der Waals surface area contributed by atoms with Gasteiger partial charge in [-0.2, -0.15) is 5.10 Å². The second-order valence-corrected chi connectivity index (χ2v) is 8.66. The van der Waals surface area contributed by atoms with E-state index >= 15 is 0 Å². The standard InChI is InChI=1S/C23H25FN6O/c1-14-13-31-17(11-29-7-2-8-29)12-30(14)16-4-6-19-21(10-16)26-23(25-19)22-18-5-3-15(24)9-20(18)27-28-22/h3-6,9-10,14,17H,2,7-8,11-13H2,1H3,(H,25,26)(H,27,28)/t14-,17-/m1/s1. The normalized spacial score (nSPS) is 22.3. The fourth-order valence-corrected chi connectivity index (χ4v) is 4.60. The number of morpholine rings is 1. The van der Waals surface area contributed by atoms with E-state index in [2.05, 4.69) is 44.0 Å². The molecular weight excluding hydrogens is 395 g/mol. The number of halogens is 1. The lowest BCUT2D eigenvalue weighted by Gasteiger charge is -2.42. The maximum absolute atomic E-state index is 13.5. The van der Waals surface area contributed by atoms with Crippen LogP contribution in [-0.4, -0.2) is 70.0 Å². The van der Waals surface area contributed by atoms with Crippen molar-refractivity contribution in [1.82, 2.24) is 25.1 Å². The number of ether oxygens (including phenoxy) is 1. The first-order valence-electron chi connectivity index (χ1n) is 10.9. The number of H-pyrrole nitrogens is 2. The second-order valence-electron chi connectivity index (χ2n) is 8.66. The first-order chi connectivity index (χ1) is 15.1. The van der Waals surface area contributed by atoms with Gasteiger partial charge in [-0.3, -0.25) is 5.10 Å². The smallest absolute Gasteiger partial charge is 0.159 e. The molecule has 0 unspecified atom stereocenters. The molecule has 0 aliphatic carbocycles. The van der Waals surface area contributed by atoms with Gasteiger partial charge in [0.15, 0.2) is 5.82 Å². The number of rotatable bonds is 4. The van der Waals surface area contributed by atoms with Crippen LogP contribution in [0.25, 0.3) is 33.5 Å². The Kier molecular flexibility index (Phi) is 4.43. The van der Waals surface area contributed by atoms with Crippen LogP contribution in [0, 0.1) is 5.82 Å². The average molecular weight is 420 g/mol. The monoisotopic (exact) mass is 420 g/mol. The van der Waals surface area contributed by atoms with Gasteiger partial charge in [0.1, 0.15) is 11.5 Å². The van der Waals surface area contributed by atoms with E-state index in [1.807, 2.05) is 6.07 Å². The quantitative estimate of drug-likeness (QED) is 0.528. The molecule has 0 amide bonds. The highest BCUT2D eigenvalue weighted by molar-refractivity contribution is 5.93. The van der Waals surface area contributed by atoms with E-state index in [-0.39, 0.29) is 11.9 Å². The van der Waals surface area contributed by atoms with Gasteiger partial charge >= 0.3 is 0 Å². The molecule has 6 rings (SSSR count). The van der Waals surface area contributed by atoms with Gasteiger partial charge in [-0.25, -0.2) is 9.37 Å². The highest BCUT2D eigenvalue weighted by Gasteiger charge is 2.29. The predicted octanol–water partition coefficient (Wildman–Crippen LogP) is 3.54. The summed E-state index contributed by atoms with van der Waals surface area (Å²) in [5.41, 5.74) is 4.37. The second kappa shape index (κ2) is 7.32. The van der Waals surface area contributed by atoms with Crippen LogP contribution in [0.2, 0.25) is 0 Å². The summed E-state index contributed by atoms with van der Waals surface area (Å²) in [5.74, 6) is 0.389. The summed E-state index contributed by atoms with van der Waals surface area (Å²) in [6.45, 7) is 7.21. The van der Waals surface area contributed by atoms with Gasteiger partial charge in [-0.1, -0.05) is 0 Å². The third-order valence-electron chi connectivity index (χ3n) is 6.46. The fourth-order valence-electron chi connectivity index (χ4n) is 4.60. The number of likely N-dealkylation sites (tertiary alicyclic amines) is 1. The molecule has 2 fully saturated rings. The molecule has 160 valence electrons. The van der Waals surface area contributed by atoms with Crippen LogP contribution in [0.1, 0.15) is 13.3 Å². The number of benzene rings is 2. The van der Waals surface area contributed by atoms with Gasteiger partial charge < -0.3 is 19.5 Å². The molecule has 4 heterocycles. The van der Waals surface area contributed by atoms with Crippen molar-refractivity contribution in [2.45, 2.75) is 25.5 Å². The molecule has 0 spiro atoms. The van der Waals surface area contributed by atoms with Gasteiger partial charge in [-0.05, 0) is 62.8 Å². The summed E-state index contributed by atoms with van der Waals surface area (Å²) in [5, 5.41) is 8.10. The van der Waals surface area contributed by atoms with E-state index in [0.29, 0.717) is 23.1 Å². The van der Waals surface area contributed by atoms with Crippen molar-refractivity contribution < 1.29 is 9.13 Å². The summed E-state index contributed by atoms with van der Waals surface area (Å²) in [6, 6.07) is 11.3. The average Bonchev–Trinajstić information content (AvgIpc) is 3.34. The Morgan fingerprint density at radius 1 is 1.16 bits per heavy atom. The largest absolute Gasteiger partial charge is 0.373 e. The number of nitrogens with zero attached hydrogens (tertiary/aromatic N) is 4. The summed E-state index contributed by atoms with van der Waals surface area (Å²) in [6.07, 6.45) is 1.53. The van der Waals surface area contributed by atoms with Crippen molar-refractivity contribution >= 4 is 27.6 Å². The van der Waals surface area contributed by atoms with E-state index in [0.717, 1.165) is 36.1 Å². The van der Waals surface area contributed by atoms with Gasteiger partial charge in [-0.15, -0.1) is 0 Å². The molecule has 4 aromatic rings. The number of aromatic nitrogens is 4. The van der Waals surface area contributed by atoms with E-state index in [1.165, 1.54) is 37.3 Å². The van der Waals surface area contributed by atoms with E-state index in [4.69, 9.17) is 9.72 Å². The molecule has 31 heavy (non-hydrogen) atoms. The molecular formula is C23H25FN6O. The van der Waals surface area contributed by atoms with Gasteiger partial charge in [0.2, 0.25) is 0 Å². The molecule has 2 aliphatic rings. The predicted molar refractivity (Wildman–Crippen MR) is 119 cm³/mol. The van der Waals surface area contributed by atoms with Crippen molar-refractivity contribution in [3.8, 4) is 11.5 Å². The van der Waals surface area contributed by atoms with Crippen LogP contribution in [0.3, 0.4) is 0 Å². The molecule has 8 heteroatoms. The number of hydrogen-bond donors (Lipinski definition) is 2. The lowest BCUT2D eigenvalue weighted by molar-refractivity contribution is -0.0101. The third-order valence-corrected chi connectivity index (χ3v) is 6.46. The summed E-state index contributed by atoms with van der Waals surface area (Å²) >= 11 is 0. The number of anilines is 1. The molecule has 0 radical (unpaired) electrons. The number of imidazole rings is 1. The van der Waals surface area contributed by atoms with Crippen LogP contribution in [-0.2, 0) is 4.74 Å². The molecule has 0 saturated carbocycles. The maximum atomic E-state index is 13.5. The Balaban J connectivity index is 1.30. The Hall–Kier alpha value is -2.97. The minimum absolute atomic E-state index is 0.236. The van der Waals surface area contributed by atoms with Gasteiger partial charge in [0.25, 0.3) is 0 Å². The van der Waals surface area contributed by atoms with Crippen molar-refractivity contribution in [1.29, 1.82) is 0 Å². The SMILES string of the molecule is C[C@@H]1CO[C@H](CN2CCC2)CN1c1ccc2nc(-c3n[nH]c4cc(F)ccc34)[nH]c2c1. The lowest BCUT2D eigenvalue weighted by Crippen LogP contribution is -2.53. The minimum atomic E-state index is -0.288. The highest BCUT2D eigenvalue weighted by Crippen LogP contribution is 2.30. The maximum Gasteiger partial charge on any atom is 0.159 e. The van der Waals surface area contributed by atoms with E-state index in [9.17, 15) is 4.39 Å². The fraction of sp³-hybridized carbons (Fsp3) is 0.391. The van der Waals surface area contributed by atoms with Crippen molar-refractivity contribution in [2.75, 3.05) is 37.7 Å². The number of aromatic amines is 2. The Bertz CT molecular complexity index is 1250. The minimum Gasteiger partial charge on any atom is -0.373 e. The molecule has 2 saturated heterocycles. The Morgan fingerprint density at radius 2 is 2.06 bits per heavy atom. The van der Waals surface area contributed by atoms with Gasteiger partial charge in [0, 0.05) is 30.2 Å². The zero-order chi connectivity index (χ0) is 20.9. The molecule has 2 atom stereocenters. The van der Waals surface area contributed by atoms with Crippen LogP contribution < -0.4 is 4.90 Å². The molecule has 2 N–H and O–H groups in total. The summed E-state index contributed by atoms with van der Waals surface area (Å²) < 4.78 is 19.6. The Labute approximate surface area is 179 Å². The Morgan fingerprint density at radius 3 is 2.90 bits per heavy atom. The first-order valence-corrected chi connectivity index (χ1v) is 10.9. The molecule has 2 aliphatic heterocycles. The summed E-state index contributed by atoms with van der Waals surface area (Å²) in [7, 11) is 0. The summed E-state index contributed by atoms with van der Waals surface area (Å²) in [4.78, 5) is 13.0. The number of nitrogens with one attached hydrogen (secondary N) is 2. The van der Waals surface area contributed by atoms with Gasteiger partial charge in [0.05, 0.1) is 29.3 Å². The van der Waals surface area contributed by atoms with E-state index in [1.54, 1.807) is 6.07 Å². The van der Waals surface area contributed by atoms with Crippen LogP contribution in [0.5, 0.6) is 0 Å². The first kappa shape index (κ1) is 18.8. The highest BCUT2D eigenvalue weighted by atomic mass is 19.1. The molecule has 2 aromatic carbocycles. The van der Waals surface area contributed by atoms with E-state index < -0.39 is 0 Å². The van der Waals surface area contributed by atoms with Crippen LogP contribution in [0.15, 0.2) is 36.4 Å². The zero-order valence-electron chi connectivity index (χ0n) is 17.4.